The lowest BCUT2D eigenvalue weighted by Crippen LogP contribution is -2.31. The third-order valence-corrected chi connectivity index (χ3v) is 4.26. The van der Waals surface area contributed by atoms with Gasteiger partial charge in [0.15, 0.2) is 0 Å². The Morgan fingerprint density at radius 2 is 1.93 bits per heavy atom. The van der Waals surface area contributed by atoms with Crippen LogP contribution in [0.1, 0.15) is 34.7 Å². The van der Waals surface area contributed by atoms with Crippen LogP contribution in [0, 0.1) is 0 Å². The average molecular weight is 378 g/mol. The maximum Gasteiger partial charge on any atom is 0.252 e. The second kappa shape index (κ2) is 8.39. The molecule has 1 atom stereocenters. The summed E-state index contributed by atoms with van der Waals surface area (Å²) in [7, 11) is 3.47. The van der Waals surface area contributed by atoms with E-state index in [0.717, 1.165) is 5.56 Å². The summed E-state index contributed by atoms with van der Waals surface area (Å²) >= 11 is 0. The zero-order chi connectivity index (χ0) is 20.1. The van der Waals surface area contributed by atoms with Crippen LogP contribution < -0.4 is 15.4 Å². The monoisotopic (exact) mass is 378 g/mol. The van der Waals surface area contributed by atoms with Gasteiger partial charge >= 0.3 is 0 Å². The van der Waals surface area contributed by atoms with E-state index in [1.165, 1.54) is 6.92 Å². The number of hydrogen-bond donors (Lipinski definition) is 2. The number of benzene rings is 2. The molecule has 7 heteroatoms. The van der Waals surface area contributed by atoms with Gasteiger partial charge in [-0.3, -0.25) is 9.59 Å². The molecule has 0 aliphatic rings. The van der Waals surface area contributed by atoms with E-state index in [2.05, 4.69) is 15.6 Å². The van der Waals surface area contributed by atoms with E-state index in [0.29, 0.717) is 22.8 Å². The molecule has 1 heterocycles. The van der Waals surface area contributed by atoms with Gasteiger partial charge in [-0.25, -0.2) is 4.98 Å². The molecule has 0 saturated heterocycles. The number of aryl methyl sites for hydroxylation is 1. The minimum absolute atomic E-state index is 0.195. The lowest BCUT2D eigenvalue weighted by atomic mass is 10.0. The molecule has 2 aromatic carbocycles. The zero-order valence-corrected chi connectivity index (χ0v) is 16.0. The van der Waals surface area contributed by atoms with Crippen LogP contribution in [0.15, 0.2) is 60.9 Å². The maximum atomic E-state index is 12.9. The van der Waals surface area contributed by atoms with Crippen LogP contribution in [-0.4, -0.2) is 28.5 Å². The number of carbonyl (C=O) groups is 2. The average Bonchev–Trinajstić information content (AvgIpc) is 3.11. The Balaban J connectivity index is 1.92. The number of aromatic nitrogens is 2. The van der Waals surface area contributed by atoms with Gasteiger partial charge in [0.1, 0.15) is 17.6 Å². The smallest absolute Gasteiger partial charge is 0.252 e. The quantitative estimate of drug-likeness (QED) is 0.691. The molecule has 0 aliphatic carbocycles. The molecule has 0 unspecified atom stereocenters. The standard InChI is InChI=1S/C21H22N4O3/c1-14(26)23-17-8-4-7-16(12-17)21(27)24-19(20-22-10-11-25(20)2)15-6-5-9-18(13-15)28-3/h4-13,19H,1-3H3,(H,23,26)(H,24,27)/t19-/m0/s1. The summed E-state index contributed by atoms with van der Waals surface area (Å²) in [6, 6.07) is 13.8. The van der Waals surface area contributed by atoms with Gasteiger partial charge in [-0.2, -0.15) is 0 Å². The summed E-state index contributed by atoms with van der Waals surface area (Å²) < 4.78 is 7.17. The van der Waals surface area contributed by atoms with Crippen LogP contribution in [-0.2, 0) is 11.8 Å². The number of ether oxygens (including phenoxy) is 1. The topological polar surface area (TPSA) is 85.2 Å². The van der Waals surface area contributed by atoms with Crippen molar-refractivity contribution in [3.8, 4) is 5.75 Å². The van der Waals surface area contributed by atoms with Gasteiger partial charge < -0.3 is 19.9 Å². The van der Waals surface area contributed by atoms with Crippen molar-refractivity contribution in [3.63, 3.8) is 0 Å². The Morgan fingerprint density at radius 3 is 2.61 bits per heavy atom. The van der Waals surface area contributed by atoms with Crippen molar-refractivity contribution in [2.75, 3.05) is 12.4 Å². The first-order chi connectivity index (χ1) is 13.5. The van der Waals surface area contributed by atoms with Crippen LogP contribution in [0.25, 0.3) is 0 Å². The Labute approximate surface area is 163 Å². The molecule has 1 aromatic heterocycles. The van der Waals surface area contributed by atoms with E-state index in [1.807, 2.05) is 42.1 Å². The van der Waals surface area contributed by atoms with Gasteiger partial charge in [-0.1, -0.05) is 18.2 Å². The zero-order valence-electron chi connectivity index (χ0n) is 16.0. The van der Waals surface area contributed by atoms with Crippen molar-refractivity contribution in [3.05, 3.63) is 77.9 Å². The molecule has 0 spiro atoms. The molecule has 3 rings (SSSR count). The summed E-state index contributed by atoms with van der Waals surface area (Å²) in [6.45, 7) is 1.42. The van der Waals surface area contributed by atoms with Gasteiger partial charge in [0.25, 0.3) is 5.91 Å². The normalized spacial score (nSPS) is 11.5. The van der Waals surface area contributed by atoms with Gasteiger partial charge in [0, 0.05) is 37.6 Å². The highest BCUT2D eigenvalue weighted by atomic mass is 16.5. The first-order valence-electron chi connectivity index (χ1n) is 8.77. The van der Waals surface area contributed by atoms with E-state index >= 15 is 0 Å². The van der Waals surface area contributed by atoms with Crippen molar-refractivity contribution in [1.29, 1.82) is 0 Å². The number of nitrogens with one attached hydrogen (secondary N) is 2. The van der Waals surface area contributed by atoms with E-state index in [4.69, 9.17) is 4.74 Å². The van der Waals surface area contributed by atoms with E-state index in [-0.39, 0.29) is 11.8 Å². The summed E-state index contributed by atoms with van der Waals surface area (Å²) in [5.41, 5.74) is 1.85. The largest absolute Gasteiger partial charge is 0.497 e. The third-order valence-electron chi connectivity index (χ3n) is 4.26. The summed E-state index contributed by atoms with van der Waals surface area (Å²) in [5, 5.41) is 5.72. The molecular formula is C21H22N4O3. The molecule has 0 radical (unpaired) electrons. The van der Waals surface area contributed by atoms with Crippen molar-refractivity contribution < 1.29 is 14.3 Å². The fraction of sp³-hybridized carbons (Fsp3) is 0.190. The van der Waals surface area contributed by atoms with Gasteiger partial charge in [0.05, 0.1) is 7.11 Å². The van der Waals surface area contributed by atoms with Crippen LogP contribution >= 0.6 is 0 Å². The lowest BCUT2D eigenvalue weighted by molar-refractivity contribution is -0.114. The highest BCUT2D eigenvalue weighted by Crippen LogP contribution is 2.25. The number of rotatable bonds is 6. The number of methoxy groups -OCH3 is 1. The van der Waals surface area contributed by atoms with Crippen molar-refractivity contribution >= 4 is 17.5 Å². The fourth-order valence-electron chi connectivity index (χ4n) is 2.93. The second-order valence-electron chi connectivity index (χ2n) is 6.34. The van der Waals surface area contributed by atoms with Crippen LogP contribution in [0.2, 0.25) is 0 Å². The Kier molecular flexibility index (Phi) is 5.74. The summed E-state index contributed by atoms with van der Waals surface area (Å²) in [6.07, 6.45) is 3.51. The highest BCUT2D eigenvalue weighted by molar-refractivity contribution is 5.97. The molecule has 144 valence electrons. The molecular weight excluding hydrogens is 356 g/mol. The van der Waals surface area contributed by atoms with Gasteiger partial charge in [0.2, 0.25) is 5.91 Å². The number of anilines is 1. The fourth-order valence-corrected chi connectivity index (χ4v) is 2.93. The lowest BCUT2D eigenvalue weighted by Gasteiger charge is -2.20. The van der Waals surface area contributed by atoms with Crippen molar-refractivity contribution in [2.45, 2.75) is 13.0 Å². The van der Waals surface area contributed by atoms with Gasteiger partial charge in [-0.05, 0) is 35.9 Å². The van der Waals surface area contributed by atoms with E-state index in [9.17, 15) is 9.59 Å². The highest BCUT2D eigenvalue weighted by Gasteiger charge is 2.22. The molecule has 0 fully saturated rings. The number of amides is 2. The first-order valence-corrected chi connectivity index (χ1v) is 8.77. The molecule has 0 saturated carbocycles. The molecule has 2 N–H and O–H groups in total. The van der Waals surface area contributed by atoms with Crippen LogP contribution in [0.5, 0.6) is 5.75 Å². The van der Waals surface area contributed by atoms with Crippen LogP contribution in [0.3, 0.4) is 0 Å². The Hall–Kier alpha value is -3.61. The van der Waals surface area contributed by atoms with Gasteiger partial charge in [-0.15, -0.1) is 0 Å². The predicted octanol–water partition coefficient (Wildman–Crippen LogP) is 2.91. The summed E-state index contributed by atoms with van der Waals surface area (Å²) in [4.78, 5) is 28.6. The number of carbonyl (C=O) groups excluding carboxylic acids is 2. The number of nitrogens with zero attached hydrogens (tertiary/aromatic N) is 2. The molecule has 3 aromatic rings. The molecule has 7 nitrogen and oxygen atoms in total. The number of imidazole rings is 1. The molecule has 2 amide bonds. The Bertz CT molecular complexity index is 997. The van der Waals surface area contributed by atoms with E-state index < -0.39 is 6.04 Å². The maximum absolute atomic E-state index is 12.9. The predicted molar refractivity (Wildman–Crippen MR) is 106 cm³/mol. The number of hydrogen-bond acceptors (Lipinski definition) is 4. The third kappa shape index (κ3) is 4.37. The minimum Gasteiger partial charge on any atom is -0.497 e. The SMILES string of the molecule is COc1cccc([C@H](NC(=O)c2cccc(NC(C)=O)c2)c2nccn2C)c1. The van der Waals surface area contributed by atoms with Crippen molar-refractivity contribution in [2.24, 2.45) is 7.05 Å². The second-order valence-corrected chi connectivity index (χ2v) is 6.34. The first kappa shape index (κ1) is 19.2. The van der Waals surface area contributed by atoms with Crippen LogP contribution in [0.4, 0.5) is 5.69 Å². The molecule has 28 heavy (non-hydrogen) atoms. The summed E-state index contributed by atoms with van der Waals surface area (Å²) in [5.74, 6) is 0.918. The molecule has 0 aliphatic heterocycles. The minimum atomic E-state index is -0.466. The molecule has 0 bridgehead atoms. The van der Waals surface area contributed by atoms with Crippen molar-refractivity contribution in [1.82, 2.24) is 14.9 Å². The Morgan fingerprint density at radius 1 is 1.14 bits per heavy atom. The van der Waals surface area contributed by atoms with E-state index in [1.54, 1.807) is 37.6 Å².